The standard InChI is InChI=1S/C17H18N2O/c1-3-18-10-12(2)11-19-15-9-5-7-13-6-4-8-14(16(13)15)17(19)20/h4-9,18H,2-3,10-11H2,1H3. The number of nitrogens with one attached hydrogen (secondary N) is 1. The third-order valence-electron chi connectivity index (χ3n) is 3.66. The van der Waals surface area contributed by atoms with Crippen molar-refractivity contribution in [1.29, 1.82) is 0 Å². The van der Waals surface area contributed by atoms with Crippen LogP contribution in [-0.2, 0) is 0 Å². The highest BCUT2D eigenvalue weighted by molar-refractivity contribution is 6.25. The van der Waals surface area contributed by atoms with E-state index in [2.05, 4.69) is 18.8 Å². The van der Waals surface area contributed by atoms with Gasteiger partial charge in [0.2, 0.25) is 0 Å². The number of benzene rings is 2. The van der Waals surface area contributed by atoms with E-state index in [9.17, 15) is 4.79 Å². The summed E-state index contributed by atoms with van der Waals surface area (Å²) in [6.45, 7) is 8.34. The van der Waals surface area contributed by atoms with Gasteiger partial charge in [0.05, 0.1) is 5.69 Å². The number of amides is 1. The minimum Gasteiger partial charge on any atom is -0.313 e. The van der Waals surface area contributed by atoms with Crippen molar-refractivity contribution in [2.75, 3.05) is 24.5 Å². The molecule has 2 aromatic carbocycles. The van der Waals surface area contributed by atoms with Crippen molar-refractivity contribution >= 4 is 22.4 Å². The lowest BCUT2D eigenvalue weighted by Gasteiger charge is -2.19. The zero-order chi connectivity index (χ0) is 14.1. The summed E-state index contributed by atoms with van der Waals surface area (Å²) in [6.07, 6.45) is 0. The second kappa shape index (κ2) is 5.10. The maximum atomic E-state index is 12.6. The van der Waals surface area contributed by atoms with Gasteiger partial charge in [-0.05, 0) is 29.6 Å². The molecule has 1 aliphatic rings. The average Bonchev–Trinajstić information content (AvgIpc) is 2.73. The van der Waals surface area contributed by atoms with Crippen molar-refractivity contribution in [2.45, 2.75) is 6.92 Å². The van der Waals surface area contributed by atoms with Crippen molar-refractivity contribution < 1.29 is 4.79 Å². The van der Waals surface area contributed by atoms with Gasteiger partial charge in [0.25, 0.3) is 5.91 Å². The second-order valence-corrected chi connectivity index (χ2v) is 5.10. The Morgan fingerprint density at radius 3 is 2.75 bits per heavy atom. The fourth-order valence-corrected chi connectivity index (χ4v) is 2.72. The summed E-state index contributed by atoms with van der Waals surface area (Å²) < 4.78 is 0. The predicted molar refractivity (Wildman–Crippen MR) is 83.3 cm³/mol. The van der Waals surface area contributed by atoms with Gasteiger partial charge in [-0.3, -0.25) is 4.79 Å². The van der Waals surface area contributed by atoms with Crippen LogP contribution in [0.4, 0.5) is 5.69 Å². The monoisotopic (exact) mass is 266 g/mol. The molecule has 0 bridgehead atoms. The van der Waals surface area contributed by atoms with Crippen molar-refractivity contribution in [3.05, 3.63) is 54.1 Å². The van der Waals surface area contributed by atoms with E-state index in [4.69, 9.17) is 0 Å². The largest absolute Gasteiger partial charge is 0.313 e. The first-order valence-corrected chi connectivity index (χ1v) is 6.93. The van der Waals surface area contributed by atoms with Gasteiger partial charge in [-0.2, -0.15) is 0 Å². The molecule has 1 N–H and O–H groups in total. The van der Waals surface area contributed by atoms with Gasteiger partial charge in [-0.15, -0.1) is 0 Å². The minimum atomic E-state index is 0.0782. The van der Waals surface area contributed by atoms with Crippen LogP contribution in [-0.4, -0.2) is 25.5 Å². The highest BCUT2D eigenvalue weighted by atomic mass is 16.2. The maximum Gasteiger partial charge on any atom is 0.259 e. The molecule has 0 unspecified atom stereocenters. The van der Waals surface area contributed by atoms with E-state index in [0.717, 1.165) is 40.7 Å². The molecule has 20 heavy (non-hydrogen) atoms. The van der Waals surface area contributed by atoms with Crippen LogP contribution in [0.3, 0.4) is 0 Å². The maximum absolute atomic E-state index is 12.6. The zero-order valence-electron chi connectivity index (χ0n) is 11.6. The summed E-state index contributed by atoms with van der Waals surface area (Å²) in [5.41, 5.74) is 2.82. The quantitative estimate of drug-likeness (QED) is 0.844. The summed E-state index contributed by atoms with van der Waals surface area (Å²) in [5.74, 6) is 0.0782. The Balaban J connectivity index is 1.95. The number of hydrogen-bond donors (Lipinski definition) is 1. The lowest BCUT2D eigenvalue weighted by atomic mass is 10.1. The highest BCUT2D eigenvalue weighted by Gasteiger charge is 2.29. The first-order valence-electron chi connectivity index (χ1n) is 6.93. The van der Waals surface area contributed by atoms with Crippen molar-refractivity contribution in [2.24, 2.45) is 0 Å². The van der Waals surface area contributed by atoms with Crippen LogP contribution in [0, 0.1) is 0 Å². The van der Waals surface area contributed by atoms with Gasteiger partial charge < -0.3 is 10.2 Å². The molecule has 0 aliphatic carbocycles. The molecule has 0 spiro atoms. The molecule has 1 heterocycles. The van der Waals surface area contributed by atoms with Crippen molar-refractivity contribution in [1.82, 2.24) is 5.32 Å². The first kappa shape index (κ1) is 12.9. The third-order valence-corrected chi connectivity index (χ3v) is 3.66. The molecule has 3 nitrogen and oxygen atoms in total. The molecule has 0 saturated heterocycles. The molecule has 1 amide bonds. The van der Waals surface area contributed by atoms with Crippen molar-refractivity contribution in [3.63, 3.8) is 0 Å². The summed E-state index contributed by atoms with van der Waals surface area (Å²) in [5, 5.41) is 5.43. The number of hydrogen-bond acceptors (Lipinski definition) is 2. The Kier molecular flexibility index (Phi) is 3.28. The van der Waals surface area contributed by atoms with E-state index in [1.54, 1.807) is 0 Å². The normalized spacial score (nSPS) is 13.2. The summed E-state index contributed by atoms with van der Waals surface area (Å²) in [6, 6.07) is 12.0. The lowest BCUT2D eigenvalue weighted by molar-refractivity contribution is 0.0995. The fourth-order valence-electron chi connectivity index (χ4n) is 2.72. The molecule has 0 aromatic heterocycles. The number of anilines is 1. The molecular weight excluding hydrogens is 248 g/mol. The zero-order valence-corrected chi connectivity index (χ0v) is 11.6. The van der Waals surface area contributed by atoms with Crippen LogP contribution in [0.25, 0.3) is 10.8 Å². The van der Waals surface area contributed by atoms with Crippen LogP contribution < -0.4 is 10.2 Å². The van der Waals surface area contributed by atoms with Gasteiger partial charge >= 0.3 is 0 Å². The molecule has 0 radical (unpaired) electrons. The minimum absolute atomic E-state index is 0.0782. The summed E-state index contributed by atoms with van der Waals surface area (Å²) in [4.78, 5) is 14.4. The van der Waals surface area contributed by atoms with E-state index in [1.807, 2.05) is 41.3 Å². The molecule has 3 rings (SSSR count). The van der Waals surface area contributed by atoms with Gasteiger partial charge in [0.15, 0.2) is 0 Å². The van der Waals surface area contributed by atoms with E-state index >= 15 is 0 Å². The Bertz CT molecular complexity index is 685. The molecule has 3 heteroatoms. The summed E-state index contributed by atoms with van der Waals surface area (Å²) >= 11 is 0. The number of nitrogens with zero attached hydrogens (tertiary/aromatic N) is 1. The number of rotatable bonds is 5. The Labute approximate surface area is 118 Å². The van der Waals surface area contributed by atoms with Gasteiger partial charge in [0, 0.05) is 24.0 Å². The van der Waals surface area contributed by atoms with Crippen LogP contribution in [0.2, 0.25) is 0 Å². The topological polar surface area (TPSA) is 32.3 Å². The van der Waals surface area contributed by atoms with Gasteiger partial charge in [-0.25, -0.2) is 0 Å². The third kappa shape index (κ3) is 2.00. The number of likely N-dealkylation sites (N-methyl/N-ethyl adjacent to an activating group) is 1. The fraction of sp³-hybridized carbons (Fsp3) is 0.235. The highest BCUT2D eigenvalue weighted by Crippen LogP contribution is 2.37. The van der Waals surface area contributed by atoms with E-state index in [0.29, 0.717) is 6.54 Å². The molecule has 1 aliphatic heterocycles. The van der Waals surface area contributed by atoms with Crippen molar-refractivity contribution in [3.8, 4) is 0 Å². The van der Waals surface area contributed by atoms with Crippen LogP contribution in [0.15, 0.2) is 48.6 Å². The van der Waals surface area contributed by atoms with Gasteiger partial charge in [-0.1, -0.05) is 37.8 Å². The number of carbonyl (C=O) groups is 1. The molecular formula is C17H18N2O. The first-order chi connectivity index (χ1) is 9.72. The van der Waals surface area contributed by atoms with Crippen LogP contribution >= 0.6 is 0 Å². The molecule has 102 valence electrons. The predicted octanol–water partition coefficient (Wildman–Crippen LogP) is 2.97. The smallest absolute Gasteiger partial charge is 0.259 e. The van der Waals surface area contributed by atoms with Crippen LogP contribution in [0.1, 0.15) is 17.3 Å². The van der Waals surface area contributed by atoms with Gasteiger partial charge in [0.1, 0.15) is 0 Å². The Morgan fingerprint density at radius 2 is 2.00 bits per heavy atom. The van der Waals surface area contributed by atoms with E-state index < -0.39 is 0 Å². The van der Waals surface area contributed by atoms with E-state index in [-0.39, 0.29) is 5.91 Å². The number of carbonyl (C=O) groups excluding carboxylic acids is 1. The SMILES string of the molecule is C=C(CNCC)CN1C(=O)c2cccc3cccc1c23. The molecule has 2 aromatic rings. The Morgan fingerprint density at radius 1 is 1.25 bits per heavy atom. The summed E-state index contributed by atoms with van der Waals surface area (Å²) in [7, 11) is 0. The second-order valence-electron chi connectivity index (χ2n) is 5.10. The Hall–Kier alpha value is -2.13. The average molecular weight is 266 g/mol. The molecule has 0 fully saturated rings. The van der Waals surface area contributed by atoms with Crippen LogP contribution in [0.5, 0.6) is 0 Å². The molecule has 0 saturated carbocycles. The van der Waals surface area contributed by atoms with E-state index in [1.165, 1.54) is 0 Å². The molecule has 0 atom stereocenters. The lowest BCUT2D eigenvalue weighted by Crippen LogP contribution is -2.31.